The lowest BCUT2D eigenvalue weighted by atomic mass is 10.1. The molecule has 3 rings (SSSR count). The molecule has 0 amide bonds. The molecule has 0 spiro atoms. The standard InChI is InChI=1S/C20H24N2O3S/c1-2-22-13-14-25-20(16-22)18-8-10-19(11-9-18)21-26(23,24)15-12-17-6-4-3-5-7-17/h3-12,15,20-21H,2,13-14,16H2,1H3. The summed E-state index contributed by atoms with van der Waals surface area (Å²) < 4.78 is 32.8. The smallest absolute Gasteiger partial charge is 0.255 e. The molecule has 1 heterocycles. The van der Waals surface area contributed by atoms with Crippen LogP contribution in [0, 0.1) is 0 Å². The van der Waals surface area contributed by atoms with Crippen molar-refractivity contribution in [3.63, 3.8) is 0 Å². The van der Waals surface area contributed by atoms with Crippen molar-refractivity contribution in [2.24, 2.45) is 0 Å². The summed E-state index contributed by atoms with van der Waals surface area (Å²) >= 11 is 0. The van der Waals surface area contributed by atoms with Crippen LogP contribution in [0.1, 0.15) is 24.2 Å². The van der Waals surface area contributed by atoms with Crippen molar-refractivity contribution in [1.82, 2.24) is 4.90 Å². The number of nitrogens with one attached hydrogen (secondary N) is 1. The Hall–Kier alpha value is -2.15. The van der Waals surface area contributed by atoms with Gasteiger partial charge in [0.05, 0.1) is 18.1 Å². The van der Waals surface area contributed by atoms with Crippen LogP contribution < -0.4 is 4.72 Å². The van der Waals surface area contributed by atoms with Gasteiger partial charge in [-0.1, -0.05) is 49.4 Å². The molecule has 1 N–H and O–H groups in total. The van der Waals surface area contributed by atoms with Gasteiger partial charge in [0.2, 0.25) is 0 Å². The zero-order valence-electron chi connectivity index (χ0n) is 14.8. The molecule has 1 saturated heterocycles. The first-order valence-corrected chi connectivity index (χ1v) is 10.3. The van der Waals surface area contributed by atoms with E-state index in [0.717, 1.165) is 37.4 Å². The van der Waals surface area contributed by atoms with Crippen LogP contribution in [0.25, 0.3) is 6.08 Å². The van der Waals surface area contributed by atoms with Crippen LogP contribution in [0.2, 0.25) is 0 Å². The normalized spacial score (nSPS) is 18.9. The van der Waals surface area contributed by atoms with E-state index in [1.165, 1.54) is 5.41 Å². The summed E-state index contributed by atoms with van der Waals surface area (Å²) in [6, 6.07) is 16.7. The molecule has 1 fully saturated rings. The third-order valence-electron chi connectivity index (χ3n) is 4.38. The fraction of sp³-hybridized carbons (Fsp3) is 0.300. The van der Waals surface area contributed by atoms with Gasteiger partial charge >= 0.3 is 0 Å². The number of rotatable bonds is 6. The number of anilines is 1. The minimum absolute atomic E-state index is 0.0346. The van der Waals surface area contributed by atoms with Crippen LogP contribution in [-0.2, 0) is 14.8 Å². The first-order chi connectivity index (χ1) is 12.6. The molecule has 6 heteroatoms. The van der Waals surface area contributed by atoms with Crippen LogP contribution in [0.15, 0.2) is 60.0 Å². The number of likely N-dealkylation sites (N-methyl/N-ethyl adjacent to an activating group) is 1. The maximum absolute atomic E-state index is 12.2. The van der Waals surface area contributed by atoms with E-state index >= 15 is 0 Å². The summed E-state index contributed by atoms with van der Waals surface area (Å²) in [4.78, 5) is 2.35. The molecular weight excluding hydrogens is 348 g/mol. The van der Waals surface area contributed by atoms with Gasteiger partial charge in [0.25, 0.3) is 10.0 Å². The van der Waals surface area contributed by atoms with Gasteiger partial charge < -0.3 is 4.74 Å². The quantitative estimate of drug-likeness (QED) is 0.843. The van der Waals surface area contributed by atoms with E-state index in [2.05, 4.69) is 16.5 Å². The second-order valence-corrected chi connectivity index (χ2v) is 7.80. The minimum atomic E-state index is -3.55. The van der Waals surface area contributed by atoms with Gasteiger partial charge in [-0.05, 0) is 35.9 Å². The number of hydrogen-bond acceptors (Lipinski definition) is 4. The van der Waals surface area contributed by atoms with Gasteiger partial charge in [-0.25, -0.2) is 8.42 Å². The Kier molecular flexibility index (Phi) is 6.08. The Balaban J connectivity index is 1.64. The number of ether oxygens (including phenoxy) is 1. The van der Waals surface area contributed by atoms with E-state index in [1.54, 1.807) is 18.2 Å². The molecule has 1 atom stereocenters. The van der Waals surface area contributed by atoms with Gasteiger partial charge in [-0.15, -0.1) is 0 Å². The SMILES string of the molecule is CCN1CCOC(c2ccc(NS(=O)(=O)C=Cc3ccccc3)cc2)C1. The Labute approximate surface area is 155 Å². The largest absolute Gasteiger partial charge is 0.371 e. The summed E-state index contributed by atoms with van der Waals surface area (Å²) in [6.07, 6.45) is 1.61. The fourth-order valence-electron chi connectivity index (χ4n) is 2.89. The molecule has 1 aliphatic heterocycles. The van der Waals surface area contributed by atoms with Gasteiger partial charge in [-0.2, -0.15) is 0 Å². The van der Waals surface area contributed by atoms with Gasteiger partial charge in [-0.3, -0.25) is 9.62 Å². The summed E-state index contributed by atoms with van der Waals surface area (Å²) in [7, 11) is -3.55. The Morgan fingerprint density at radius 2 is 1.88 bits per heavy atom. The Morgan fingerprint density at radius 1 is 1.15 bits per heavy atom. The molecule has 1 unspecified atom stereocenters. The first-order valence-electron chi connectivity index (χ1n) is 8.75. The predicted octanol–water partition coefficient (Wildman–Crippen LogP) is 3.49. The summed E-state index contributed by atoms with van der Waals surface area (Å²) in [6.45, 7) is 5.69. The zero-order valence-corrected chi connectivity index (χ0v) is 15.7. The van der Waals surface area contributed by atoms with Gasteiger partial charge in [0.1, 0.15) is 0 Å². The van der Waals surface area contributed by atoms with Crippen LogP contribution in [0.4, 0.5) is 5.69 Å². The molecule has 0 radical (unpaired) electrons. The highest BCUT2D eigenvalue weighted by Gasteiger charge is 2.20. The van der Waals surface area contributed by atoms with Crippen LogP contribution in [0.5, 0.6) is 0 Å². The lowest BCUT2D eigenvalue weighted by Gasteiger charge is -2.32. The molecule has 138 valence electrons. The first kappa shape index (κ1) is 18.6. The minimum Gasteiger partial charge on any atom is -0.371 e. The molecule has 5 nitrogen and oxygen atoms in total. The van der Waals surface area contributed by atoms with Crippen LogP contribution >= 0.6 is 0 Å². The van der Waals surface area contributed by atoms with Gasteiger partial charge in [0.15, 0.2) is 0 Å². The summed E-state index contributed by atoms with van der Waals surface area (Å²) in [5, 5.41) is 1.18. The molecule has 2 aromatic carbocycles. The number of benzene rings is 2. The van der Waals surface area contributed by atoms with Crippen molar-refractivity contribution in [2.45, 2.75) is 13.0 Å². The van der Waals surface area contributed by atoms with Crippen LogP contribution in [0.3, 0.4) is 0 Å². The van der Waals surface area contributed by atoms with Gasteiger partial charge in [0, 0.05) is 18.8 Å². The maximum atomic E-state index is 12.2. The van der Waals surface area contributed by atoms with E-state index in [0.29, 0.717) is 5.69 Å². The van der Waals surface area contributed by atoms with E-state index in [1.807, 2.05) is 42.5 Å². The molecule has 0 saturated carbocycles. The van der Waals surface area contributed by atoms with Crippen molar-refractivity contribution in [1.29, 1.82) is 0 Å². The van der Waals surface area contributed by atoms with Crippen molar-refractivity contribution in [3.05, 3.63) is 71.1 Å². The third kappa shape index (κ3) is 5.17. The highest BCUT2D eigenvalue weighted by Crippen LogP contribution is 2.24. The van der Waals surface area contributed by atoms with Crippen molar-refractivity contribution >= 4 is 21.8 Å². The molecule has 0 aliphatic carbocycles. The van der Waals surface area contributed by atoms with Crippen molar-refractivity contribution in [3.8, 4) is 0 Å². The molecule has 2 aromatic rings. The average Bonchev–Trinajstić information content (AvgIpc) is 2.68. The second-order valence-electron chi connectivity index (χ2n) is 6.24. The van der Waals surface area contributed by atoms with E-state index in [-0.39, 0.29) is 6.10 Å². The monoisotopic (exact) mass is 372 g/mol. The third-order valence-corrected chi connectivity index (χ3v) is 5.39. The van der Waals surface area contributed by atoms with Crippen molar-refractivity contribution < 1.29 is 13.2 Å². The number of hydrogen-bond donors (Lipinski definition) is 1. The molecule has 26 heavy (non-hydrogen) atoms. The lowest BCUT2D eigenvalue weighted by Crippen LogP contribution is -2.38. The Bertz CT molecular complexity index is 833. The Morgan fingerprint density at radius 3 is 2.58 bits per heavy atom. The second kappa shape index (κ2) is 8.49. The summed E-state index contributed by atoms with van der Waals surface area (Å²) in [5.74, 6) is 0. The van der Waals surface area contributed by atoms with Crippen LogP contribution in [-0.4, -0.2) is 39.6 Å². The predicted molar refractivity (Wildman–Crippen MR) is 105 cm³/mol. The molecule has 1 aliphatic rings. The van der Waals surface area contributed by atoms with E-state index < -0.39 is 10.0 Å². The number of sulfonamides is 1. The lowest BCUT2D eigenvalue weighted by molar-refractivity contribution is -0.0281. The zero-order chi connectivity index (χ0) is 18.4. The van der Waals surface area contributed by atoms with E-state index in [4.69, 9.17) is 4.74 Å². The van der Waals surface area contributed by atoms with Crippen molar-refractivity contribution in [2.75, 3.05) is 31.0 Å². The maximum Gasteiger partial charge on any atom is 0.255 e. The van der Waals surface area contributed by atoms with E-state index in [9.17, 15) is 8.42 Å². The number of nitrogens with zero attached hydrogens (tertiary/aromatic N) is 1. The highest BCUT2D eigenvalue weighted by atomic mass is 32.2. The topological polar surface area (TPSA) is 58.6 Å². The summed E-state index contributed by atoms with van der Waals surface area (Å²) in [5.41, 5.74) is 2.43. The fourth-order valence-corrected chi connectivity index (χ4v) is 3.76. The average molecular weight is 372 g/mol. The molecule has 0 bridgehead atoms. The molecular formula is C20H24N2O3S. The highest BCUT2D eigenvalue weighted by molar-refractivity contribution is 7.95. The number of morpholine rings is 1. The molecule has 0 aromatic heterocycles.